The van der Waals surface area contributed by atoms with E-state index in [4.69, 9.17) is 21.1 Å². The topological polar surface area (TPSA) is 89.6 Å². The van der Waals surface area contributed by atoms with Crippen LogP contribution in [0.3, 0.4) is 0 Å². The summed E-state index contributed by atoms with van der Waals surface area (Å²) in [7, 11) is 0. The molecule has 1 atom stereocenters. The molecule has 3 heterocycles. The molecule has 0 saturated carbocycles. The van der Waals surface area contributed by atoms with E-state index in [9.17, 15) is 14.0 Å². The Bertz CT molecular complexity index is 1490. The Morgan fingerprint density at radius 3 is 2.94 bits per heavy atom. The molecule has 0 bridgehead atoms. The minimum absolute atomic E-state index is 0.0609. The number of hydrogen-bond donors (Lipinski definition) is 2. The molecule has 2 aliphatic rings. The summed E-state index contributed by atoms with van der Waals surface area (Å²) in [6, 6.07) is 12.1. The Morgan fingerprint density at radius 1 is 1.21 bits per heavy atom. The largest absolute Gasteiger partial charge is 0.453 e. The highest BCUT2D eigenvalue weighted by molar-refractivity contribution is 7.13. The summed E-state index contributed by atoms with van der Waals surface area (Å²) in [6.45, 7) is -0.0609. The van der Waals surface area contributed by atoms with Crippen LogP contribution >= 0.6 is 23.1 Å². The van der Waals surface area contributed by atoms with Gasteiger partial charge in [0.15, 0.2) is 11.5 Å². The van der Waals surface area contributed by atoms with E-state index in [1.54, 1.807) is 6.07 Å². The van der Waals surface area contributed by atoms with Gasteiger partial charge < -0.3 is 20.1 Å². The van der Waals surface area contributed by atoms with Crippen molar-refractivity contribution in [2.75, 3.05) is 12.1 Å². The van der Waals surface area contributed by atoms with E-state index >= 15 is 0 Å². The Labute approximate surface area is 195 Å². The van der Waals surface area contributed by atoms with E-state index in [1.165, 1.54) is 29.7 Å². The van der Waals surface area contributed by atoms with Gasteiger partial charge >= 0.3 is 0 Å². The first-order valence-electron chi connectivity index (χ1n) is 9.89. The summed E-state index contributed by atoms with van der Waals surface area (Å²) < 4.78 is 30.2. The monoisotopic (exact) mass is 481 g/mol. The van der Waals surface area contributed by atoms with Crippen LogP contribution in [-0.4, -0.2) is 23.0 Å². The van der Waals surface area contributed by atoms with Gasteiger partial charge in [0.2, 0.25) is 6.79 Å². The van der Waals surface area contributed by atoms with Crippen LogP contribution in [0.15, 0.2) is 48.5 Å². The van der Waals surface area contributed by atoms with Crippen molar-refractivity contribution in [3.63, 3.8) is 0 Å². The van der Waals surface area contributed by atoms with Crippen molar-refractivity contribution in [1.82, 2.24) is 9.69 Å². The molecule has 0 radical (unpaired) electrons. The van der Waals surface area contributed by atoms with E-state index in [-0.39, 0.29) is 28.8 Å². The number of carbonyl (C=O) groups is 2. The molecule has 0 fully saturated rings. The molecule has 7 nitrogen and oxygen atoms in total. The molecule has 164 valence electrons. The Kier molecular flexibility index (Phi) is 4.49. The highest BCUT2D eigenvalue weighted by Crippen LogP contribution is 2.49. The molecule has 2 amide bonds. The van der Waals surface area contributed by atoms with E-state index in [2.05, 4.69) is 15.0 Å². The maximum absolute atomic E-state index is 14.0. The van der Waals surface area contributed by atoms with Crippen molar-refractivity contribution in [2.45, 2.75) is 6.04 Å². The number of nitrogens with zero attached hydrogens (tertiary/aromatic N) is 1. The lowest BCUT2D eigenvalue weighted by atomic mass is 9.95. The number of aromatic nitrogens is 1. The third kappa shape index (κ3) is 3.12. The van der Waals surface area contributed by atoms with Crippen LogP contribution in [0.1, 0.15) is 38.0 Å². The van der Waals surface area contributed by atoms with Gasteiger partial charge in [-0.05, 0) is 35.8 Å². The number of benzene rings is 3. The molecule has 33 heavy (non-hydrogen) atoms. The number of hydrogen-bond acceptors (Lipinski definition) is 6. The number of carbonyl (C=O) groups excluding carboxylic acids is 2. The maximum atomic E-state index is 14.0. The number of amides is 2. The second-order valence-corrected chi connectivity index (χ2v) is 8.71. The number of rotatable bonds is 3. The van der Waals surface area contributed by atoms with Gasteiger partial charge in [0.05, 0.1) is 22.0 Å². The summed E-state index contributed by atoms with van der Waals surface area (Å²) in [5.41, 5.74) is 1.58. The smallest absolute Gasteiger partial charge is 0.276 e. The lowest BCUT2D eigenvalue weighted by Crippen LogP contribution is -2.21. The van der Waals surface area contributed by atoms with Gasteiger partial charge in [-0.15, -0.1) is 0 Å². The van der Waals surface area contributed by atoms with Crippen molar-refractivity contribution >= 4 is 50.7 Å². The summed E-state index contributed by atoms with van der Waals surface area (Å²) in [4.78, 5) is 26.1. The van der Waals surface area contributed by atoms with Crippen LogP contribution in [0.2, 0.25) is 5.02 Å². The van der Waals surface area contributed by atoms with Crippen molar-refractivity contribution in [1.29, 1.82) is 0 Å². The summed E-state index contributed by atoms with van der Waals surface area (Å²) in [5, 5.41) is 6.67. The lowest BCUT2D eigenvalue weighted by Gasteiger charge is -2.18. The predicted octanol–water partition coefficient (Wildman–Crippen LogP) is 4.90. The second-order valence-electron chi connectivity index (χ2n) is 7.50. The van der Waals surface area contributed by atoms with E-state index < -0.39 is 23.7 Å². The molecule has 1 aromatic heterocycles. The van der Waals surface area contributed by atoms with E-state index in [0.29, 0.717) is 22.6 Å². The van der Waals surface area contributed by atoms with Crippen molar-refractivity contribution < 1.29 is 23.5 Å². The summed E-state index contributed by atoms with van der Waals surface area (Å²) in [6.07, 6.45) is 0. The second kappa shape index (κ2) is 7.43. The fourth-order valence-corrected chi connectivity index (χ4v) is 5.16. The van der Waals surface area contributed by atoms with E-state index in [1.807, 2.05) is 24.3 Å². The van der Waals surface area contributed by atoms with Crippen molar-refractivity contribution in [3.8, 4) is 11.5 Å². The minimum atomic E-state index is -0.798. The summed E-state index contributed by atoms with van der Waals surface area (Å²) in [5.74, 6) is -0.787. The molecular weight excluding hydrogens is 469 g/mol. The molecule has 10 heteroatoms. The summed E-state index contributed by atoms with van der Waals surface area (Å²) >= 11 is 7.56. The molecule has 3 aromatic carbocycles. The standard InChI is InChI=1S/C23H13ClFN3O4S/c24-13-6-5-10(25)7-12(13)19-17-14(8-15-21(32-9-31-15)18(17)22(29)27-19)26-23(30)20-11-3-1-2-4-16(11)33-28-20/h1-8,19H,9H2,(H,26,30)(H,27,29). The van der Waals surface area contributed by atoms with Gasteiger partial charge in [-0.2, -0.15) is 4.37 Å². The van der Waals surface area contributed by atoms with E-state index in [0.717, 1.165) is 10.1 Å². The zero-order chi connectivity index (χ0) is 22.7. The first-order valence-corrected chi connectivity index (χ1v) is 11.0. The van der Waals surface area contributed by atoms with Gasteiger partial charge in [0.1, 0.15) is 11.5 Å². The molecule has 0 aliphatic carbocycles. The molecule has 1 unspecified atom stereocenters. The molecule has 0 saturated heterocycles. The average Bonchev–Trinajstić information content (AvgIpc) is 3.52. The first kappa shape index (κ1) is 20.0. The molecule has 0 spiro atoms. The van der Waals surface area contributed by atoms with Crippen molar-refractivity contribution in [2.24, 2.45) is 0 Å². The molecule has 6 rings (SSSR count). The average molecular weight is 482 g/mol. The maximum Gasteiger partial charge on any atom is 0.276 e. The normalized spacial score (nSPS) is 16.1. The van der Waals surface area contributed by atoms with Crippen LogP contribution < -0.4 is 20.1 Å². The van der Waals surface area contributed by atoms with Crippen LogP contribution in [0.25, 0.3) is 10.1 Å². The zero-order valence-electron chi connectivity index (χ0n) is 16.6. The predicted molar refractivity (Wildman–Crippen MR) is 121 cm³/mol. The van der Waals surface area contributed by atoms with Gasteiger partial charge in [-0.25, -0.2) is 4.39 Å². The highest BCUT2D eigenvalue weighted by Gasteiger charge is 2.40. The van der Waals surface area contributed by atoms with Gasteiger partial charge in [-0.1, -0.05) is 29.8 Å². The van der Waals surface area contributed by atoms with Gasteiger partial charge in [0, 0.05) is 27.6 Å². The molecule has 2 aliphatic heterocycles. The number of nitrogens with one attached hydrogen (secondary N) is 2. The Morgan fingerprint density at radius 2 is 2.06 bits per heavy atom. The number of anilines is 1. The van der Waals surface area contributed by atoms with Gasteiger partial charge in [-0.3, -0.25) is 9.59 Å². The highest BCUT2D eigenvalue weighted by atomic mass is 35.5. The lowest BCUT2D eigenvalue weighted by molar-refractivity contribution is 0.0955. The minimum Gasteiger partial charge on any atom is -0.453 e. The third-order valence-corrected chi connectivity index (χ3v) is 6.78. The SMILES string of the molecule is O=C1NC(c2cc(F)ccc2Cl)c2c(NC(=O)c3nsc4ccccc34)cc3c(c21)OCO3. The zero-order valence-corrected chi connectivity index (χ0v) is 18.2. The Hall–Kier alpha value is -3.69. The van der Waals surface area contributed by atoms with Crippen LogP contribution in [0.4, 0.5) is 10.1 Å². The fourth-order valence-electron chi connectivity index (χ4n) is 4.16. The van der Waals surface area contributed by atoms with Crippen molar-refractivity contribution in [3.05, 3.63) is 81.8 Å². The molecule has 4 aromatic rings. The molecular formula is C23H13ClFN3O4S. The van der Waals surface area contributed by atoms with Crippen LogP contribution in [0, 0.1) is 5.82 Å². The number of halogens is 2. The fraction of sp³-hybridized carbons (Fsp3) is 0.0870. The van der Waals surface area contributed by atoms with Crippen LogP contribution in [0.5, 0.6) is 11.5 Å². The molecule has 2 N–H and O–H groups in total. The third-order valence-electron chi connectivity index (χ3n) is 5.60. The first-order chi connectivity index (χ1) is 16.0. The van der Waals surface area contributed by atoms with Gasteiger partial charge in [0.25, 0.3) is 11.8 Å². The number of ether oxygens (including phenoxy) is 2. The number of fused-ring (bicyclic) bond motifs is 4. The quantitative estimate of drug-likeness (QED) is 0.434. The Balaban J connectivity index is 1.50. The van der Waals surface area contributed by atoms with Crippen LogP contribution in [-0.2, 0) is 0 Å².